The number of ether oxygens (including phenoxy) is 2. The number of hydrogen-bond donors (Lipinski definition) is 2. The van der Waals surface area contributed by atoms with Crippen LogP contribution in [0.15, 0.2) is 18.2 Å². The summed E-state index contributed by atoms with van der Waals surface area (Å²) in [4.78, 5) is 12.3. The molecule has 0 bridgehead atoms. The number of carboxylic acid groups (broad SMARTS) is 1. The maximum atomic E-state index is 11.1. The molecule has 0 saturated carbocycles. The number of carbonyl (C=O) groups is 1. The SMILES string of the molecule is COc1cccc2c1OC(CO)CN2C(=O)O. The Morgan fingerprint density at radius 3 is 3.00 bits per heavy atom. The molecular weight excluding hydrogens is 226 g/mol. The zero-order valence-corrected chi connectivity index (χ0v) is 9.29. The molecule has 1 aliphatic rings. The van der Waals surface area contributed by atoms with Crippen molar-refractivity contribution in [2.75, 3.05) is 25.2 Å². The van der Waals surface area contributed by atoms with Gasteiger partial charge in [-0.3, -0.25) is 4.90 Å². The minimum atomic E-state index is -1.08. The summed E-state index contributed by atoms with van der Waals surface area (Å²) in [5, 5.41) is 18.2. The zero-order chi connectivity index (χ0) is 12.4. The summed E-state index contributed by atoms with van der Waals surface area (Å²) >= 11 is 0. The molecule has 2 rings (SSSR count). The molecule has 0 fully saturated rings. The number of nitrogens with zero attached hydrogens (tertiary/aromatic N) is 1. The average Bonchev–Trinajstić information content (AvgIpc) is 2.36. The summed E-state index contributed by atoms with van der Waals surface area (Å²) < 4.78 is 10.6. The second kappa shape index (κ2) is 4.50. The van der Waals surface area contributed by atoms with Gasteiger partial charge in [0.15, 0.2) is 11.5 Å². The molecule has 1 amide bonds. The fourth-order valence-electron chi connectivity index (χ4n) is 1.78. The molecule has 1 aromatic carbocycles. The van der Waals surface area contributed by atoms with E-state index in [1.807, 2.05) is 0 Å². The minimum absolute atomic E-state index is 0.103. The van der Waals surface area contributed by atoms with Gasteiger partial charge in [0.25, 0.3) is 0 Å². The van der Waals surface area contributed by atoms with Gasteiger partial charge in [-0.05, 0) is 12.1 Å². The Morgan fingerprint density at radius 1 is 1.65 bits per heavy atom. The maximum absolute atomic E-state index is 11.1. The topological polar surface area (TPSA) is 79.2 Å². The largest absolute Gasteiger partial charge is 0.493 e. The van der Waals surface area contributed by atoms with Crippen LogP contribution in [0.25, 0.3) is 0 Å². The van der Waals surface area contributed by atoms with E-state index in [2.05, 4.69) is 0 Å². The van der Waals surface area contributed by atoms with Crippen molar-refractivity contribution in [3.63, 3.8) is 0 Å². The Morgan fingerprint density at radius 2 is 2.41 bits per heavy atom. The molecule has 92 valence electrons. The molecule has 0 saturated heterocycles. The number of aliphatic hydroxyl groups excluding tert-OH is 1. The van der Waals surface area contributed by atoms with Crippen LogP contribution in [0.5, 0.6) is 11.5 Å². The van der Waals surface area contributed by atoms with Crippen LogP contribution in [-0.2, 0) is 0 Å². The fraction of sp³-hybridized carbons (Fsp3) is 0.364. The highest BCUT2D eigenvalue weighted by Gasteiger charge is 2.31. The number of methoxy groups -OCH3 is 1. The van der Waals surface area contributed by atoms with E-state index in [0.717, 1.165) is 4.90 Å². The highest BCUT2D eigenvalue weighted by Crippen LogP contribution is 2.40. The Balaban J connectivity index is 2.47. The lowest BCUT2D eigenvalue weighted by Crippen LogP contribution is -2.44. The molecular formula is C11H13NO5. The van der Waals surface area contributed by atoms with Gasteiger partial charge in [0.2, 0.25) is 0 Å². The van der Waals surface area contributed by atoms with E-state index < -0.39 is 12.2 Å². The van der Waals surface area contributed by atoms with Gasteiger partial charge >= 0.3 is 6.09 Å². The van der Waals surface area contributed by atoms with Crippen LogP contribution < -0.4 is 14.4 Å². The third-order valence-corrected chi connectivity index (χ3v) is 2.57. The minimum Gasteiger partial charge on any atom is -0.493 e. The van der Waals surface area contributed by atoms with Gasteiger partial charge in [0.05, 0.1) is 25.9 Å². The lowest BCUT2D eigenvalue weighted by Gasteiger charge is -2.33. The average molecular weight is 239 g/mol. The summed E-state index contributed by atoms with van der Waals surface area (Å²) in [5.41, 5.74) is 0.432. The van der Waals surface area contributed by atoms with Crippen molar-refractivity contribution in [1.82, 2.24) is 0 Å². The number of anilines is 1. The third-order valence-electron chi connectivity index (χ3n) is 2.57. The number of benzene rings is 1. The monoisotopic (exact) mass is 239 g/mol. The first kappa shape index (κ1) is 11.5. The molecule has 6 heteroatoms. The number of rotatable bonds is 2. The number of hydrogen-bond acceptors (Lipinski definition) is 4. The van der Waals surface area contributed by atoms with Gasteiger partial charge in [-0.25, -0.2) is 4.79 Å². The Kier molecular flexibility index (Phi) is 3.06. The van der Waals surface area contributed by atoms with Crippen LogP contribution in [0.2, 0.25) is 0 Å². The van der Waals surface area contributed by atoms with Crippen molar-refractivity contribution in [2.24, 2.45) is 0 Å². The van der Waals surface area contributed by atoms with Gasteiger partial charge in [-0.2, -0.15) is 0 Å². The summed E-state index contributed by atoms with van der Waals surface area (Å²) in [7, 11) is 1.48. The second-order valence-corrected chi connectivity index (χ2v) is 3.62. The van der Waals surface area contributed by atoms with Crippen LogP contribution in [0.4, 0.5) is 10.5 Å². The van der Waals surface area contributed by atoms with Crippen LogP contribution >= 0.6 is 0 Å². The zero-order valence-electron chi connectivity index (χ0n) is 9.29. The molecule has 0 radical (unpaired) electrons. The second-order valence-electron chi connectivity index (χ2n) is 3.62. The number of amides is 1. The molecule has 0 aliphatic carbocycles. The van der Waals surface area contributed by atoms with Crippen molar-refractivity contribution >= 4 is 11.8 Å². The van der Waals surface area contributed by atoms with E-state index in [9.17, 15) is 4.79 Å². The van der Waals surface area contributed by atoms with E-state index in [4.69, 9.17) is 19.7 Å². The van der Waals surface area contributed by atoms with E-state index in [0.29, 0.717) is 17.2 Å². The normalized spacial score (nSPS) is 18.2. The predicted molar refractivity (Wildman–Crippen MR) is 59.9 cm³/mol. The van der Waals surface area contributed by atoms with Crippen molar-refractivity contribution < 1.29 is 24.5 Å². The Bertz CT molecular complexity index is 434. The van der Waals surface area contributed by atoms with Crippen LogP contribution in [0.3, 0.4) is 0 Å². The molecule has 0 aromatic heterocycles. The summed E-state index contributed by atoms with van der Waals surface area (Å²) in [6, 6.07) is 5.01. The van der Waals surface area contributed by atoms with Crippen molar-refractivity contribution in [1.29, 1.82) is 0 Å². The maximum Gasteiger partial charge on any atom is 0.412 e. The number of aliphatic hydroxyl groups is 1. The standard InChI is InChI=1S/C11H13NO5/c1-16-9-4-2-3-8-10(9)17-7(6-13)5-12(8)11(14)15/h2-4,7,13H,5-6H2,1H3,(H,14,15). The first-order valence-electron chi connectivity index (χ1n) is 5.12. The van der Waals surface area contributed by atoms with Crippen LogP contribution in [0.1, 0.15) is 0 Å². The fourth-order valence-corrected chi connectivity index (χ4v) is 1.78. The summed E-state index contributed by atoms with van der Waals surface area (Å²) in [6.07, 6.45) is -1.66. The molecule has 1 atom stereocenters. The lowest BCUT2D eigenvalue weighted by atomic mass is 10.2. The Labute approximate surface area is 98.0 Å². The smallest absolute Gasteiger partial charge is 0.412 e. The molecule has 17 heavy (non-hydrogen) atoms. The molecule has 1 unspecified atom stereocenters. The van der Waals surface area contributed by atoms with E-state index >= 15 is 0 Å². The highest BCUT2D eigenvalue weighted by atomic mass is 16.5. The van der Waals surface area contributed by atoms with E-state index in [-0.39, 0.29) is 13.2 Å². The van der Waals surface area contributed by atoms with Gasteiger partial charge in [0, 0.05) is 0 Å². The lowest BCUT2D eigenvalue weighted by molar-refractivity contribution is 0.107. The Hall–Kier alpha value is -1.95. The van der Waals surface area contributed by atoms with Crippen LogP contribution in [-0.4, -0.2) is 42.7 Å². The molecule has 1 aliphatic heterocycles. The van der Waals surface area contributed by atoms with Crippen molar-refractivity contribution in [3.05, 3.63) is 18.2 Å². The number of para-hydroxylation sites is 1. The first-order valence-corrected chi connectivity index (χ1v) is 5.12. The van der Waals surface area contributed by atoms with Gasteiger partial charge in [-0.15, -0.1) is 0 Å². The quantitative estimate of drug-likeness (QED) is 0.802. The van der Waals surface area contributed by atoms with Gasteiger partial charge in [0.1, 0.15) is 6.10 Å². The van der Waals surface area contributed by atoms with Crippen LogP contribution in [0, 0.1) is 0 Å². The molecule has 6 nitrogen and oxygen atoms in total. The molecule has 1 heterocycles. The van der Waals surface area contributed by atoms with E-state index in [1.165, 1.54) is 7.11 Å². The summed E-state index contributed by atoms with van der Waals surface area (Å²) in [5.74, 6) is 0.801. The molecule has 2 N–H and O–H groups in total. The van der Waals surface area contributed by atoms with Crippen molar-refractivity contribution in [2.45, 2.75) is 6.10 Å². The van der Waals surface area contributed by atoms with E-state index in [1.54, 1.807) is 18.2 Å². The number of fused-ring (bicyclic) bond motifs is 1. The third kappa shape index (κ3) is 1.99. The molecule has 1 aromatic rings. The molecule has 0 spiro atoms. The highest BCUT2D eigenvalue weighted by molar-refractivity contribution is 5.89. The predicted octanol–water partition coefficient (Wildman–Crippen LogP) is 0.933. The summed E-state index contributed by atoms with van der Waals surface area (Å²) in [6.45, 7) is -0.146. The van der Waals surface area contributed by atoms with Gasteiger partial charge in [-0.1, -0.05) is 6.07 Å². The van der Waals surface area contributed by atoms with Crippen molar-refractivity contribution in [3.8, 4) is 11.5 Å². The van der Waals surface area contributed by atoms with Gasteiger partial charge < -0.3 is 19.7 Å². The first-order chi connectivity index (χ1) is 8.17.